The first-order valence-corrected chi connectivity index (χ1v) is 2.67. The van der Waals surface area contributed by atoms with Crippen molar-refractivity contribution in [2.75, 3.05) is 0 Å². The van der Waals surface area contributed by atoms with Crippen LogP contribution < -0.4 is 0 Å². The molecule has 0 saturated carbocycles. The molecule has 0 atom stereocenters. The molecule has 52 valence electrons. The number of aryl methyl sites for hydroxylation is 1. The smallest absolute Gasteiger partial charge is 0.0746 e. The van der Waals surface area contributed by atoms with Crippen LogP contribution in [0.5, 0.6) is 0 Å². The third-order valence-corrected chi connectivity index (χ3v) is 0.754. The Kier molecular flexibility index (Phi) is 8.75. The van der Waals surface area contributed by atoms with Gasteiger partial charge in [-0.2, -0.15) is 0 Å². The summed E-state index contributed by atoms with van der Waals surface area (Å²) in [5, 5.41) is 0. The van der Waals surface area contributed by atoms with Gasteiger partial charge in [0.1, 0.15) is 0 Å². The number of hydrogen-bond acceptors (Lipinski definition) is 0. The van der Waals surface area contributed by atoms with Gasteiger partial charge >= 0.3 is 0 Å². The summed E-state index contributed by atoms with van der Waals surface area (Å²) in [6.07, 6.45) is 4.00. The van der Waals surface area contributed by atoms with Crippen molar-refractivity contribution < 1.29 is 0 Å². The van der Waals surface area contributed by atoms with E-state index in [4.69, 9.17) is 0 Å². The van der Waals surface area contributed by atoms with Crippen molar-refractivity contribution in [2.45, 2.75) is 6.92 Å². The van der Waals surface area contributed by atoms with Gasteiger partial charge in [-0.3, -0.25) is 0 Å². The fourth-order valence-corrected chi connectivity index (χ4v) is 0.421. The van der Waals surface area contributed by atoms with Crippen LogP contribution in [0.25, 0.3) is 0 Å². The highest BCUT2D eigenvalue weighted by atomic mass is 14.9. The Morgan fingerprint density at radius 3 is 1.56 bits per heavy atom. The van der Waals surface area contributed by atoms with E-state index in [0.29, 0.717) is 0 Å². The molecule has 1 aromatic rings. The van der Waals surface area contributed by atoms with E-state index < -0.39 is 0 Å². The third-order valence-electron chi connectivity index (χ3n) is 0.754. The lowest BCUT2D eigenvalue weighted by Gasteiger charge is -1.79. The van der Waals surface area contributed by atoms with E-state index in [1.54, 1.807) is 6.92 Å². The molecule has 0 radical (unpaired) electrons. The molecule has 0 aliphatic rings. The quantitative estimate of drug-likeness (QED) is 0.469. The highest BCUT2D eigenvalue weighted by Crippen LogP contribution is 1.80. The molecule has 0 aromatic carbocycles. The van der Waals surface area contributed by atoms with Crippen LogP contribution in [0.1, 0.15) is 6.92 Å². The summed E-state index contributed by atoms with van der Waals surface area (Å²) in [7, 11) is 2.00. The van der Waals surface area contributed by atoms with Crippen molar-refractivity contribution in [1.29, 1.82) is 0 Å². The second-order valence-electron chi connectivity index (χ2n) is 1.35. The van der Waals surface area contributed by atoms with Gasteiger partial charge in [0.2, 0.25) is 0 Å². The minimum atomic E-state index is 0. The highest BCUT2D eigenvalue weighted by molar-refractivity contribution is 4.88. The van der Waals surface area contributed by atoms with Crippen LogP contribution in [0.2, 0.25) is 0 Å². The molecule has 1 heteroatoms. The highest BCUT2D eigenvalue weighted by Gasteiger charge is 1.68. The maximum Gasteiger partial charge on any atom is 0.0746 e. The Morgan fingerprint density at radius 2 is 1.44 bits per heavy atom. The van der Waals surface area contributed by atoms with Gasteiger partial charge < -0.3 is 12.0 Å². The summed E-state index contributed by atoms with van der Waals surface area (Å²) >= 11 is 0. The number of aromatic nitrogens is 1. The lowest BCUT2D eigenvalue weighted by molar-refractivity contribution is 0.928. The molecular weight excluding hydrogens is 110 g/mol. The van der Waals surface area contributed by atoms with Gasteiger partial charge in [0.05, 0.1) is 13.8 Å². The van der Waals surface area contributed by atoms with Gasteiger partial charge in [-0.15, -0.1) is 0 Å². The number of nitrogens with zero attached hydrogens (tertiary/aromatic N) is 1. The zero-order valence-corrected chi connectivity index (χ0v) is 6.46. The molecule has 0 aliphatic heterocycles. The summed E-state index contributed by atoms with van der Waals surface area (Å²) in [5.41, 5.74) is 0. The molecule has 0 aliphatic carbocycles. The van der Waals surface area contributed by atoms with Crippen LogP contribution >= 0.6 is 0 Å². The Hall–Kier alpha value is -0.850. The van der Waals surface area contributed by atoms with E-state index in [0.717, 1.165) is 0 Å². The van der Waals surface area contributed by atoms with E-state index in [1.165, 1.54) is 0 Å². The largest absolute Gasteiger partial charge is 0.358 e. The molecule has 0 amide bonds. The van der Waals surface area contributed by atoms with Crippen molar-refractivity contribution in [2.24, 2.45) is 7.05 Å². The molecule has 1 rings (SSSR count). The maximum atomic E-state index is 3.25. The van der Waals surface area contributed by atoms with Crippen LogP contribution in [-0.2, 0) is 7.05 Å². The van der Waals surface area contributed by atoms with Crippen molar-refractivity contribution in [1.82, 2.24) is 4.57 Å². The predicted molar refractivity (Wildman–Crippen MR) is 42.9 cm³/mol. The van der Waals surface area contributed by atoms with Crippen molar-refractivity contribution in [3.63, 3.8) is 0 Å². The maximum absolute atomic E-state index is 3.25. The minimum Gasteiger partial charge on any atom is -0.358 e. The van der Waals surface area contributed by atoms with Gasteiger partial charge in [0, 0.05) is 19.4 Å². The molecule has 9 heavy (non-hydrogen) atoms. The summed E-state index contributed by atoms with van der Waals surface area (Å²) in [6.45, 7) is 5.00. The van der Waals surface area contributed by atoms with E-state index >= 15 is 0 Å². The lowest BCUT2D eigenvalue weighted by atomic mass is 10.7. The Labute approximate surface area is 58.3 Å². The average molecular weight is 125 g/mol. The minimum absolute atomic E-state index is 0. The molecule has 1 aromatic heterocycles. The van der Waals surface area contributed by atoms with E-state index in [-0.39, 0.29) is 7.43 Å². The second-order valence-corrected chi connectivity index (χ2v) is 1.35. The molecule has 0 N–H and O–H groups in total. The predicted octanol–water partition coefficient (Wildman–Crippen LogP) is 2.32. The molecule has 0 unspecified atom stereocenters. The topological polar surface area (TPSA) is 4.93 Å². The first-order valence-electron chi connectivity index (χ1n) is 2.67. The first-order chi connectivity index (χ1) is 3.89. The normalized spacial score (nSPS) is 6.44. The fourth-order valence-electron chi connectivity index (χ4n) is 0.421. The van der Waals surface area contributed by atoms with Crippen LogP contribution in [0, 0.1) is 14.4 Å². The van der Waals surface area contributed by atoms with Crippen LogP contribution in [0.4, 0.5) is 0 Å². The fraction of sp³-hybridized carbons (Fsp3) is 0.250. The third kappa shape index (κ3) is 5.01. The molecular formula is C8H15N. The van der Waals surface area contributed by atoms with E-state index in [9.17, 15) is 0 Å². The lowest BCUT2D eigenvalue weighted by Crippen LogP contribution is -1.75. The summed E-state index contributed by atoms with van der Waals surface area (Å²) in [6, 6.07) is 4.00. The zero-order valence-electron chi connectivity index (χ0n) is 6.46. The van der Waals surface area contributed by atoms with Crippen molar-refractivity contribution in [3.05, 3.63) is 38.9 Å². The van der Waals surface area contributed by atoms with Crippen LogP contribution in [0.3, 0.4) is 0 Å². The number of rotatable bonds is 0. The number of hydrogen-bond donors (Lipinski definition) is 0. The van der Waals surface area contributed by atoms with Crippen molar-refractivity contribution in [3.8, 4) is 0 Å². The molecule has 0 fully saturated rings. The molecule has 1 heterocycles. The van der Waals surface area contributed by atoms with Crippen LogP contribution in [-0.4, -0.2) is 4.57 Å². The molecule has 1 nitrogen and oxygen atoms in total. The van der Waals surface area contributed by atoms with E-state index in [2.05, 4.69) is 6.92 Å². The molecule has 0 bridgehead atoms. The van der Waals surface area contributed by atoms with Gasteiger partial charge in [-0.05, 0) is 12.1 Å². The Bertz CT molecular complexity index is 108. The zero-order chi connectivity index (χ0) is 6.41. The van der Waals surface area contributed by atoms with Gasteiger partial charge in [-0.25, -0.2) is 0 Å². The standard InChI is InChI=1S/C5H7N.C2H5.CH3/c1-6-4-2-3-5-6;1-2;/h2-5H,1H3;1H2,2H3;1H3/q;+1;-1. The summed E-state index contributed by atoms with van der Waals surface area (Å²) < 4.78 is 2.00. The van der Waals surface area contributed by atoms with Gasteiger partial charge in [-0.1, -0.05) is 0 Å². The first kappa shape index (κ1) is 11.0. The monoisotopic (exact) mass is 125 g/mol. The van der Waals surface area contributed by atoms with Crippen molar-refractivity contribution >= 4 is 0 Å². The molecule has 0 spiro atoms. The Morgan fingerprint density at radius 1 is 1.11 bits per heavy atom. The molecule has 0 saturated heterocycles. The van der Waals surface area contributed by atoms with Gasteiger partial charge in [0.15, 0.2) is 0 Å². The Balaban J connectivity index is 0. The average Bonchev–Trinajstić information content (AvgIpc) is 2.24. The summed E-state index contributed by atoms with van der Waals surface area (Å²) in [5.74, 6) is 0. The van der Waals surface area contributed by atoms with Crippen LogP contribution in [0.15, 0.2) is 24.5 Å². The van der Waals surface area contributed by atoms with Gasteiger partial charge in [0.25, 0.3) is 0 Å². The second kappa shape index (κ2) is 7.15. The SMILES string of the molecule is Cn1cccc1.[CH2+]C.[CH3-]. The summed E-state index contributed by atoms with van der Waals surface area (Å²) in [4.78, 5) is 0. The van der Waals surface area contributed by atoms with E-state index in [1.807, 2.05) is 36.1 Å².